The number of hydrogen-bond donors (Lipinski definition) is 4. The monoisotopic (exact) mass is 345 g/mol. The summed E-state index contributed by atoms with van der Waals surface area (Å²) in [6.45, 7) is 7.25. The van der Waals surface area contributed by atoms with E-state index in [1.807, 2.05) is 51.2 Å². The van der Waals surface area contributed by atoms with Gasteiger partial charge in [-0.05, 0) is 17.0 Å². The largest absolute Gasteiger partial charge is 0.391 e. The smallest absolute Gasteiger partial charge is 0.243 e. The number of aromatic nitrogens is 1. The Kier molecular flexibility index (Phi) is 5.85. The lowest BCUT2D eigenvalue weighted by Gasteiger charge is -2.27. The van der Waals surface area contributed by atoms with E-state index in [0.717, 1.165) is 16.5 Å². The maximum atomic E-state index is 12.5. The summed E-state index contributed by atoms with van der Waals surface area (Å²) >= 11 is 0. The third-order valence-electron chi connectivity index (χ3n) is 4.26. The highest BCUT2D eigenvalue weighted by atomic mass is 16.3. The Morgan fingerprint density at radius 1 is 1.24 bits per heavy atom. The maximum Gasteiger partial charge on any atom is 0.243 e. The van der Waals surface area contributed by atoms with Crippen LogP contribution in [0.3, 0.4) is 0 Å². The molecule has 25 heavy (non-hydrogen) atoms. The Morgan fingerprint density at radius 2 is 1.92 bits per heavy atom. The van der Waals surface area contributed by atoms with E-state index in [1.54, 1.807) is 0 Å². The van der Waals surface area contributed by atoms with Crippen LogP contribution in [0.4, 0.5) is 0 Å². The van der Waals surface area contributed by atoms with E-state index in [4.69, 9.17) is 0 Å². The van der Waals surface area contributed by atoms with Crippen molar-refractivity contribution >= 4 is 22.7 Å². The van der Waals surface area contributed by atoms with Crippen molar-refractivity contribution in [3.8, 4) is 0 Å². The minimum Gasteiger partial charge on any atom is -0.391 e. The second-order valence-corrected chi connectivity index (χ2v) is 7.44. The lowest BCUT2D eigenvalue weighted by Crippen LogP contribution is -2.50. The van der Waals surface area contributed by atoms with Crippen LogP contribution in [0, 0.1) is 5.41 Å². The van der Waals surface area contributed by atoms with Crippen LogP contribution < -0.4 is 10.6 Å². The molecule has 0 radical (unpaired) electrons. The number of carbonyl (C=O) groups is 2. The van der Waals surface area contributed by atoms with E-state index in [-0.39, 0.29) is 23.8 Å². The number of nitrogens with one attached hydrogen (secondary N) is 3. The first-order chi connectivity index (χ1) is 11.7. The average molecular weight is 345 g/mol. The van der Waals surface area contributed by atoms with Gasteiger partial charge in [0.25, 0.3) is 0 Å². The van der Waals surface area contributed by atoms with Crippen LogP contribution >= 0.6 is 0 Å². The van der Waals surface area contributed by atoms with Crippen LogP contribution in [0.5, 0.6) is 0 Å². The van der Waals surface area contributed by atoms with Crippen molar-refractivity contribution in [2.75, 3.05) is 6.54 Å². The van der Waals surface area contributed by atoms with E-state index in [1.165, 1.54) is 6.92 Å². The minimum atomic E-state index is -0.691. The summed E-state index contributed by atoms with van der Waals surface area (Å²) in [4.78, 5) is 27.2. The van der Waals surface area contributed by atoms with Crippen LogP contribution in [0.2, 0.25) is 0 Å². The van der Waals surface area contributed by atoms with Gasteiger partial charge in [0.15, 0.2) is 0 Å². The van der Waals surface area contributed by atoms with Gasteiger partial charge in [-0.15, -0.1) is 0 Å². The average Bonchev–Trinajstić information content (AvgIpc) is 2.93. The molecule has 6 heteroatoms. The number of benzene rings is 1. The summed E-state index contributed by atoms with van der Waals surface area (Å²) in [5.41, 5.74) is 1.62. The minimum absolute atomic E-state index is 0.145. The first-order valence-electron chi connectivity index (χ1n) is 8.46. The standard InChI is InChI=1S/C19H27N3O3/c1-12(23)22-16(18(25)21-11-17(24)19(2,3)4)9-13-10-20-15-8-6-5-7-14(13)15/h5-8,10,16-17,20,24H,9,11H2,1-4H3,(H,21,25)(H,22,23). The molecule has 0 aliphatic carbocycles. The molecule has 1 aromatic carbocycles. The summed E-state index contributed by atoms with van der Waals surface area (Å²) in [5, 5.41) is 16.6. The number of para-hydroxylation sites is 1. The molecule has 2 unspecified atom stereocenters. The van der Waals surface area contributed by atoms with Gasteiger partial charge in [0.05, 0.1) is 6.10 Å². The van der Waals surface area contributed by atoms with Gasteiger partial charge in [-0.25, -0.2) is 0 Å². The predicted octanol–water partition coefficient (Wildman–Crippen LogP) is 1.74. The number of carbonyl (C=O) groups excluding carboxylic acids is 2. The molecule has 0 bridgehead atoms. The number of H-pyrrole nitrogens is 1. The Labute approximate surface area is 148 Å². The van der Waals surface area contributed by atoms with Crippen molar-refractivity contribution < 1.29 is 14.7 Å². The number of fused-ring (bicyclic) bond motifs is 1. The normalized spacial score (nSPS) is 14.1. The fraction of sp³-hybridized carbons (Fsp3) is 0.474. The van der Waals surface area contributed by atoms with Gasteiger partial charge in [0, 0.05) is 37.0 Å². The lowest BCUT2D eigenvalue weighted by atomic mass is 9.89. The van der Waals surface area contributed by atoms with E-state index in [0.29, 0.717) is 6.42 Å². The highest BCUT2D eigenvalue weighted by Gasteiger charge is 2.25. The molecular formula is C19H27N3O3. The van der Waals surface area contributed by atoms with Crippen LogP contribution in [0.25, 0.3) is 10.9 Å². The number of hydrogen-bond acceptors (Lipinski definition) is 3. The number of amides is 2. The molecule has 0 fully saturated rings. The van der Waals surface area contributed by atoms with Gasteiger partial charge in [-0.1, -0.05) is 39.0 Å². The van der Waals surface area contributed by atoms with Crippen LogP contribution in [0.15, 0.2) is 30.5 Å². The Balaban J connectivity index is 2.10. The molecule has 0 aliphatic heterocycles. The fourth-order valence-electron chi connectivity index (χ4n) is 2.60. The number of aliphatic hydroxyl groups is 1. The van der Waals surface area contributed by atoms with Crippen molar-refractivity contribution in [2.24, 2.45) is 5.41 Å². The van der Waals surface area contributed by atoms with Crippen LogP contribution in [0.1, 0.15) is 33.3 Å². The maximum absolute atomic E-state index is 12.5. The molecule has 0 saturated carbocycles. The van der Waals surface area contributed by atoms with Gasteiger partial charge in [-0.3, -0.25) is 9.59 Å². The predicted molar refractivity (Wildman–Crippen MR) is 98.1 cm³/mol. The molecule has 1 heterocycles. The molecule has 1 aromatic heterocycles. The lowest BCUT2D eigenvalue weighted by molar-refractivity contribution is -0.128. The van der Waals surface area contributed by atoms with Gasteiger partial charge in [0.2, 0.25) is 11.8 Å². The molecule has 136 valence electrons. The highest BCUT2D eigenvalue weighted by molar-refractivity contribution is 5.89. The summed E-state index contributed by atoms with van der Waals surface area (Å²) in [7, 11) is 0. The Bertz CT molecular complexity index is 746. The number of rotatable bonds is 6. The van der Waals surface area contributed by atoms with Crippen molar-refractivity contribution in [3.05, 3.63) is 36.0 Å². The van der Waals surface area contributed by atoms with Crippen molar-refractivity contribution in [3.63, 3.8) is 0 Å². The van der Waals surface area contributed by atoms with Crippen molar-refractivity contribution in [1.29, 1.82) is 0 Å². The fourth-order valence-corrected chi connectivity index (χ4v) is 2.60. The van der Waals surface area contributed by atoms with E-state index >= 15 is 0 Å². The molecule has 2 rings (SSSR count). The molecule has 0 aliphatic rings. The number of aliphatic hydroxyl groups excluding tert-OH is 1. The van der Waals surface area contributed by atoms with E-state index in [2.05, 4.69) is 15.6 Å². The zero-order valence-electron chi connectivity index (χ0n) is 15.2. The third-order valence-corrected chi connectivity index (χ3v) is 4.26. The first kappa shape index (κ1) is 19.0. The first-order valence-corrected chi connectivity index (χ1v) is 8.46. The zero-order chi connectivity index (χ0) is 18.6. The molecule has 0 saturated heterocycles. The van der Waals surface area contributed by atoms with Gasteiger partial charge < -0.3 is 20.7 Å². The van der Waals surface area contributed by atoms with Crippen molar-refractivity contribution in [1.82, 2.24) is 15.6 Å². The topological polar surface area (TPSA) is 94.2 Å². The van der Waals surface area contributed by atoms with E-state index in [9.17, 15) is 14.7 Å². The van der Waals surface area contributed by atoms with Crippen LogP contribution in [-0.2, 0) is 16.0 Å². The molecule has 2 atom stereocenters. The summed E-state index contributed by atoms with van der Waals surface area (Å²) in [5.74, 6) is -0.569. The Hall–Kier alpha value is -2.34. The molecule has 2 amide bonds. The third kappa shape index (κ3) is 5.06. The zero-order valence-corrected chi connectivity index (χ0v) is 15.2. The summed E-state index contributed by atoms with van der Waals surface area (Å²) in [6, 6.07) is 7.13. The highest BCUT2D eigenvalue weighted by Crippen LogP contribution is 2.20. The van der Waals surface area contributed by atoms with Crippen LogP contribution in [-0.4, -0.2) is 40.6 Å². The second-order valence-electron chi connectivity index (χ2n) is 7.44. The molecule has 6 nitrogen and oxygen atoms in total. The SMILES string of the molecule is CC(=O)NC(Cc1c[nH]c2ccccc12)C(=O)NCC(O)C(C)(C)C. The quantitative estimate of drug-likeness (QED) is 0.642. The summed E-state index contributed by atoms with van der Waals surface area (Å²) in [6.07, 6.45) is 1.57. The molecule has 2 aromatic rings. The Morgan fingerprint density at radius 3 is 2.56 bits per heavy atom. The van der Waals surface area contributed by atoms with Crippen molar-refractivity contribution in [2.45, 2.75) is 46.3 Å². The van der Waals surface area contributed by atoms with Gasteiger partial charge >= 0.3 is 0 Å². The molecular weight excluding hydrogens is 318 g/mol. The summed E-state index contributed by atoms with van der Waals surface area (Å²) < 4.78 is 0. The molecule has 0 spiro atoms. The number of aromatic amines is 1. The van der Waals surface area contributed by atoms with E-state index < -0.39 is 12.1 Å². The second kappa shape index (κ2) is 7.70. The van der Waals surface area contributed by atoms with Gasteiger partial charge in [0.1, 0.15) is 6.04 Å². The van der Waals surface area contributed by atoms with Gasteiger partial charge in [-0.2, -0.15) is 0 Å². The molecule has 4 N–H and O–H groups in total.